The predicted octanol–water partition coefficient (Wildman–Crippen LogP) is 4.09. The molecule has 0 N–H and O–H groups in total. The standard InChI is InChI=1S/C21H26N4O3S/c1-5-8-17(26)20-19(15-10-12-16(13-11-15)28-7-3)25(18(27)9-6-2)24-14(4)22-23-21(24)29-20/h10-13H,5-9H2,1-4H3. The average molecular weight is 415 g/mol. The molecule has 0 aliphatic carbocycles. The van der Waals surface area contributed by atoms with Crippen molar-refractivity contribution in [1.29, 1.82) is 0 Å². The Hall–Kier alpha value is -2.61. The maximum absolute atomic E-state index is 13.2. The van der Waals surface area contributed by atoms with Crippen molar-refractivity contribution in [3.05, 3.63) is 40.6 Å². The van der Waals surface area contributed by atoms with Crippen molar-refractivity contribution in [2.45, 2.75) is 58.5 Å². The number of Topliss-reactive ketones (excluding diaryl/α,β-unsaturated/α-hetero) is 1. The molecule has 1 aliphatic rings. The number of ketones is 1. The number of ether oxygens (including phenoxy) is 1. The molecule has 1 amide bonds. The Morgan fingerprint density at radius 2 is 1.72 bits per heavy atom. The van der Waals surface area contributed by atoms with Gasteiger partial charge >= 0.3 is 0 Å². The number of aryl methyl sites for hydroxylation is 1. The van der Waals surface area contributed by atoms with Crippen LogP contribution >= 0.6 is 11.8 Å². The van der Waals surface area contributed by atoms with Gasteiger partial charge in [0.15, 0.2) is 11.6 Å². The van der Waals surface area contributed by atoms with Crippen LogP contribution in [0.5, 0.6) is 5.75 Å². The summed E-state index contributed by atoms with van der Waals surface area (Å²) in [6.07, 6.45) is 2.20. The minimum absolute atomic E-state index is 0.00239. The van der Waals surface area contributed by atoms with Crippen LogP contribution in [0, 0.1) is 6.92 Å². The largest absolute Gasteiger partial charge is 0.494 e. The van der Waals surface area contributed by atoms with Gasteiger partial charge in [0.2, 0.25) is 11.1 Å². The molecule has 2 heterocycles. The molecule has 0 radical (unpaired) electrons. The molecule has 2 aromatic rings. The number of thioether (sulfide) groups is 1. The van der Waals surface area contributed by atoms with Gasteiger partial charge in [-0.1, -0.05) is 13.8 Å². The quantitative estimate of drug-likeness (QED) is 0.647. The van der Waals surface area contributed by atoms with Crippen molar-refractivity contribution in [2.75, 3.05) is 11.6 Å². The zero-order valence-corrected chi connectivity index (χ0v) is 18.1. The Kier molecular flexibility index (Phi) is 6.74. The molecule has 0 fully saturated rings. The monoisotopic (exact) mass is 414 g/mol. The fourth-order valence-corrected chi connectivity index (χ4v) is 4.26. The maximum atomic E-state index is 13.2. The lowest BCUT2D eigenvalue weighted by molar-refractivity contribution is -0.119. The summed E-state index contributed by atoms with van der Waals surface area (Å²) in [4.78, 5) is 26.7. The highest BCUT2D eigenvalue weighted by atomic mass is 32.2. The van der Waals surface area contributed by atoms with Gasteiger partial charge in [-0.2, -0.15) is 0 Å². The van der Waals surface area contributed by atoms with Gasteiger partial charge in [-0.05, 0) is 62.7 Å². The number of carbonyl (C=O) groups excluding carboxylic acids is 2. The van der Waals surface area contributed by atoms with E-state index in [0.717, 1.165) is 17.7 Å². The van der Waals surface area contributed by atoms with Crippen molar-refractivity contribution in [2.24, 2.45) is 0 Å². The van der Waals surface area contributed by atoms with Crippen molar-refractivity contribution in [3.63, 3.8) is 0 Å². The average Bonchev–Trinajstić information content (AvgIpc) is 3.08. The fourth-order valence-electron chi connectivity index (χ4n) is 3.18. The second-order valence-corrected chi connectivity index (χ2v) is 7.69. The van der Waals surface area contributed by atoms with Crippen molar-refractivity contribution < 1.29 is 14.3 Å². The summed E-state index contributed by atoms with van der Waals surface area (Å²) >= 11 is 1.28. The van der Waals surface area contributed by atoms with Crippen LogP contribution in [0.1, 0.15) is 57.8 Å². The second kappa shape index (κ2) is 9.26. The van der Waals surface area contributed by atoms with E-state index in [1.54, 1.807) is 16.6 Å². The van der Waals surface area contributed by atoms with E-state index in [1.807, 2.05) is 45.0 Å². The zero-order valence-electron chi connectivity index (χ0n) is 17.3. The first-order chi connectivity index (χ1) is 14.0. The molecule has 3 rings (SSSR count). The molecule has 8 heteroatoms. The minimum atomic E-state index is -0.0948. The summed E-state index contributed by atoms with van der Waals surface area (Å²) in [5.41, 5.74) is 1.37. The van der Waals surface area contributed by atoms with Crippen LogP contribution in [0.4, 0.5) is 0 Å². The summed E-state index contributed by atoms with van der Waals surface area (Å²) in [5.74, 6) is 1.25. The number of hydrogen-bond acceptors (Lipinski definition) is 6. The van der Waals surface area contributed by atoms with Crippen LogP contribution in [0.25, 0.3) is 5.70 Å². The first-order valence-corrected chi connectivity index (χ1v) is 10.8. The van der Waals surface area contributed by atoms with E-state index in [4.69, 9.17) is 4.74 Å². The number of rotatable bonds is 8. The summed E-state index contributed by atoms with van der Waals surface area (Å²) in [5, 5.41) is 10.4. The molecular formula is C21H26N4O3S. The third-order valence-electron chi connectivity index (χ3n) is 4.46. The normalized spacial score (nSPS) is 13.4. The number of allylic oxidation sites excluding steroid dienone is 1. The number of amides is 1. The van der Waals surface area contributed by atoms with Crippen molar-refractivity contribution in [1.82, 2.24) is 14.9 Å². The van der Waals surface area contributed by atoms with Gasteiger partial charge in [0.25, 0.3) is 0 Å². The third-order valence-corrected chi connectivity index (χ3v) is 5.52. The first kappa shape index (κ1) is 21.1. The molecule has 1 aromatic heterocycles. The van der Waals surface area contributed by atoms with Gasteiger partial charge in [0, 0.05) is 18.4 Å². The van der Waals surface area contributed by atoms with Gasteiger partial charge in [-0.15, -0.1) is 10.2 Å². The molecule has 0 saturated carbocycles. The second-order valence-electron chi connectivity index (χ2n) is 6.71. The van der Waals surface area contributed by atoms with E-state index in [9.17, 15) is 9.59 Å². The van der Waals surface area contributed by atoms with Gasteiger partial charge in [0.1, 0.15) is 5.75 Å². The number of nitrogens with zero attached hydrogens (tertiary/aromatic N) is 4. The molecule has 1 aromatic carbocycles. The highest BCUT2D eigenvalue weighted by Crippen LogP contribution is 2.40. The number of aromatic nitrogens is 3. The summed E-state index contributed by atoms with van der Waals surface area (Å²) in [7, 11) is 0. The maximum Gasteiger partial charge on any atom is 0.246 e. The Balaban J connectivity index is 2.19. The van der Waals surface area contributed by atoms with Gasteiger partial charge < -0.3 is 4.74 Å². The Labute approximate surface area is 175 Å². The lowest BCUT2D eigenvalue weighted by Gasteiger charge is -2.33. The van der Waals surface area contributed by atoms with E-state index in [2.05, 4.69) is 10.2 Å². The minimum Gasteiger partial charge on any atom is -0.494 e. The predicted molar refractivity (Wildman–Crippen MR) is 113 cm³/mol. The van der Waals surface area contributed by atoms with Gasteiger partial charge in [-0.25, -0.2) is 9.69 Å². The van der Waals surface area contributed by atoms with Crippen LogP contribution in [-0.4, -0.2) is 33.2 Å². The molecule has 1 aliphatic heterocycles. The molecule has 0 unspecified atom stereocenters. The van der Waals surface area contributed by atoms with Crippen molar-refractivity contribution >= 4 is 29.1 Å². The summed E-state index contributed by atoms with van der Waals surface area (Å²) in [6, 6.07) is 7.49. The summed E-state index contributed by atoms with van der Waals surface area (Å²) in [6.45, 7) is 8.23. The zero-order chi connectivity index (χ0) is 21.0. The number of hydrogen-bond donors (Lipinski definition) is 0. The van der Waals surface area contributed by atoms with Gasteiger partial charge in [-0.3, -0.25) is 9.59 Å². The fraction of sp³-hybridized carbons (Fsp3) is 0.429. The smallest absolute Gasteiger partial charge is 0.246 e. The number of benzene rings is 1. The van der Waals surface area contributed by atoms with Crippen LogP contribution < -0.4 is 9.75 Å². The number of carbonyl (C=O) groups is 2. The number of fused-ring (bicyclic) bond motifs is 1. The van der Waals surface area contributed by atoms with Crippen LogP contribution in [0.3, 0.4) is 0 Å². The van der Waals surface area contributed by atoms with E-state index >= 15 is 0 Å². The van der Waals surface area contributed by atoms with Crippen LogP contribution in [0.2, 0.25) is 0 Å². The molecule has 0 spiro atoms. The van der Waals surface area contributed by atoms with Crippen LogP contribution in [-0.2, 0) is 9.59 Å². The van der Waals surface area contributed by atoms with Crippen molar-refractivity contribution in [3.8, 4) is 5.75 Å². The molecule has 0 bridgehead atoms. The first-order valence-electron chi connectivity index (χ1n) is 9.95. The van der Waals surface area contributed by atoms with E-state index in [0.29, 0.717) is 47.5 Å². The lowest BCUT2D eigenvalue weighted by atomic mass is 10.1. The van der Waals surface area contributed by atoms with E-state index in [1.165, 1.54) is 11.8 Å². The highest BCUT2D eigenvalue weighted by molar-refractivity contribution is 8.04. The van der Waals surface area contributed by atoms with E-state index in [-0.39, 0.29) is 11.7 Å². The van der Waals surface area contributed by atoms with E-state index < -0.39 is 0 Å². The topological polar surface area (TPSA) is 77.3 Å². The molecule has 29 heavy (non-hydrogen) atoms. The lowest BCUT2D eigenvalue weighted by Crippen LogP contribution is -2.42. The highest BCUT2D eigenvalue weighted by Gasteiger charge is 2.35. The molecule has 0 saturated heterocycles. The van der Waals surface area contributed by atoms with Gasteiger partial charge in [0.05, 0.1) is 17.2 Å². The molecular weight excluding hydrogens is 388 g/mol. The molecule has 154 valence electrons. The van der Waals surface area contributed by atoms with Crippen LogP contribution in [0.15, 0.2) is 34.3 Å². The Bertz CT molecular complexity index is 934. The third kappa shape index (κ3) is 4.22. The summed E-state index contributed by atoms with van der Waals surface area (Å²) < 4.78 is 7.25. The Morgan fingerprint density at radius 1 is 1.03 bits per heavy atom. The molecule has 7 nitrogen and oxygen atoms in total. The molecule has 0 atom stereocenters. The Morgan fingerprint density at radius 3 is 2.34 bits per heavy atom. The SMILES string of the molecule is CCCC(=O)C1=C(c2ccc(OCC)cc2)N(C(=O)CCC)n2c(C)nnc2S1.